The number of hydrogen-bond donors (Lipinski definition) is 5. The lowest BCUT2D eigenvalue weighted by atomic mass is 10.0. The lowest BCUT2D eigenvalue weighted by Crippen LogP contribution is -2.54. The molecule has 3 aliphatic rings. The van der Waals surface area contributed by atoms with Crippen LogP contribution in [0, 0.1) is 13.8 Å². The number of H-pyrrole nitrogens is 1. The number of aryl methyl sites for hydroxylation is 1. The Balaban J connectivity index is 1.00. The van der Waals surface area contributed by atoms with Crippen molar-refractivity contribution in [2.75, 3.05) is 57.6 Å². The summed E-state index contributed by atoms with van der Waals surface area (Å²) in [5.74, 6) is -2.71. The van der Waals surface area contributed by atoms with Crippen LogP contribution in [0.15, 0.2) is 36.4 Å². The van der Waals surface area contributed by atoms with E-state index in [2.05, 4.69) is 31.2 Å². The number of nitrogens with one attached hydrogen (secondary N) is 5. The van der Waals surface area contributed by atoms with Gasteiger partial charge in [0.25, 0.3) is 23.6 Å². The van der Waals surface area contributed by atoms with E-state index in [9.17, 15) is 28.8 Å². The fourth-order valence-electron chi connectivity index (χ4n) is 6.64. The Hall–Kier alpha value is -5.60. The van der Waals surface area contributed by atoms with Crippen molar-refractivity contribution in [1.29, 1.82) is 0 Å². The summed E-state index contributed by atoms with van der Waals surface area (Å²) in [5, 5.41) is 11.1. The molecule has 6 amide bonds. The van der Waals surface area contributed by atoms with Gasteiger partial charge in [0.1, 0.15) is 6.04 Å². The Morgan fingerprint density at radius 2 is 1.78 bits per heavy atom. The molecule has 1 saturated heterocycles. The molecule has 1 aromatic heterocycles. The highest BCUT2D eigenvalue weighted by atomic mass is 16.5. The maximum absolute atomic E-state index is 13.3. The van der Waals surface area contributed by atoms with Crippen molar-refractivity contribution >= 4 is 58.5 Å². The molecule has 266 valence electrons. The Bertz CT molecular complexity index is 1980. The predicted molar refractivity (Wildman–Crippen MR) is 190 cm³/mol. The van der Waals surface area contributed by atoms with Crippen molar-refractivity contribution in [3.63, 3.8) is 0 Å². The normalized spacial score (nSPS) is 17.6. The van der Waals surface area contributed by atoms with Crippen LogP contribution in [0.25, 0.3) is 11.6 Å². The van der Waals surface area contributed by atoms with E-state index < -0.39 is 29.7 Å². The first-order valence-corrected chi connectivity index (χ1v) is 16.9. The van der Waals surface area contributed by atoms with Crippen molar-refractivity contribution in [3.05, 3.63) is 81.2 Å². The Kier molecular flexibility index (Phi) is 10.2. The first-order valence-electron chi connectivity index (χ1n) is 16.9. The van der Waals surface area contributed by atoms with Crippen molar-refractivity contribution in [2.24, 2.45) is 0 Å². The van der Waals surface area contributed by atoms with E-state index >= 15 is 0 Å². The molecule has 5 N–H and O–H groups in total. The van der Waals surface area contributed by atoms with Gasteiger partial charge >= 0.3 is 0 Å². The number of carbonyl (C=O) groups is 6. The average molecular weight is 696 g/mol. The monoisotopic (exact) mass is 695 g/mol. The molecule has 2 aromatic carbocycles. The van der Waals surface area contributed by atoms with Gasteiger partial charge in [0.2, 0.25) is 11.8 Å². The highest BCUT2D eigenvalue weighted by Gasteiger charge is 2.45. The molecular formula is C37H41N7O7. The number of carbonyl (C=O) groups excluding carboxylic acids is 6. The zero-order valence-electron chi connectivity index (χ0n) is 29.0. The smallest absolute Gasteiger partial charge is 0.264 e. The predicted octanol–water partition coefficient (Wildman–Crippen LogP) is 2.49. The number of benzene rings is 2. The summed E-state index contributed by atoms with van der Waals surface area (Å²) in [5.41, 5.74) is 6.68. The van der Waals surface area contributed by atoms with Gasteiger partial charge < -0.3 is 30.6 Å². The summed E-state index contributed by atoms with van der Waals surface area (Å²) in [4.78, 5) is 82.6. The van der Waals surface area contributed by atoms with Gasteiger partial charge in [-0.15, -0.1) is 0 Å². The molecule has 0 radical (unpaired) electrons. The quantitative estimate of drug-likeness (QED) is 0.102. The number of ether oxygens (including phenoxy) is 1. The van der Waals surface area contributed by atoms with E-state index in [4.69, 9.17) is 4.74 Å². The van der Waals surface area contributed by atoms with E-state index in [1.54, 1.807) is 18.2 Å². The van der Waals surface area contributed by atoms with E-state index in [1.807, 2.05) is 46.1 Å². The van der Waals surface area contributed by atoms with Crippen LogP contribution in [-0.2, 0) is 25.5 Å². The molecule has 1 atom stereocenters. The Morgan fingerprint density at radius 1 is 1.00 bits per heavy atom. The van der Waals surface area contributed by atoms with Gasteiger partial charge in [-0.3, -0.25) is 39.0 Å². The van der Waals surface area contributed by atoms with Crippen LogP contribution in [-0.4, -0.2) is 103 Å². The second-order valence-corrected chi connectivity index (χ2v) is 13.1. The van der Waals surface area contributed by atoms with Crippen LogP contribution in [0.2, 0.25) is 0 Å². The molecule has 14 heteroatoms. The molecule has 1 unspecified atom stereocenters. The SMILES string of the molecule is Cc1[nH]c(/C=C2\C(=O)Nc3ccc(CCN(C)C)cc32)c(C)c1C(=O)NCCOCCNc1cccc2c1C(=O)N(C1CCC(=O)NC1=O)C2=O. The molecule has 3 aliphatic heterocycles. The summed E-state index contributed by atoms with van der Waals surface area (Å²) >= 11 is 0. The summed E-state index contributed by atoms with van der Waals surface area (Å²) < 4.78 is 5.70. The van der Waals surface area contributed by atoms with E-state index in [0.29, 0.717) is 34.8 Å². The molecule has 0 spiro atoms. The second-order valence-electron chi connectivity index (χ2n) is 13.1. The van der Waals surface area contributed by atoms with Crippen molar-refractivity contribution in [3.8, 4) is 0 Å². The molecule has 0 saturated carbocycles. The highest BCUT2D eigenvalue weighted by molar-refractivity contribution is 6.35. The number of anilines is 2. The lowest BCUT2D eigenvalue weighted by Gasteiger charge is -2.27. The third-order valence-corrected chi connectivity index (χ3v) is 9.27. The second kappa shape index (κ2) is 14.7. The molecule has 14 nitrogen and oxygen atoms in total. The fraction of sp³-hybridized carbons (Fsp3) is 0.351. The van der Waals surface area contributed by atoms with Crippen LogP contribution in [0.3, 0.4) is 0 Å². The van der Waals surface area contributed by atoms with Crippen LogP contribution in [0.1, 0.15) is 72.0 Å². The van der Waals surface area contributed by atoms with Gasteiger partial charge in [-0.1, -0.05) is 12.1 Å². The minimum absolute atomic E-state index is 0.0460. The number of amides is 6. The maximum Gasteiger partial charge on any atom is 0.264 e. The number of aromatic nitrogens is 1. The standard InChI is InChI=1S/C37H41N7O7/c1-20-28(19-25-24-18-22(12-15-43(3)4)8-9-26(24)41-33(25)46)40-21(2)31(20)35(48)39-14-17-51-16-13-38-27-7-5-6-23-32(27)37(50)44(36(23)49)29-10-11-30(45)42-34(29)47/h5-9,18-19,29,38,40H,10-17H2,1-4H3,(H,39,48)(H,41,46)(H,42,45,47)/b25-19-. The van der Waals surface area contributed by atoms with Gasteiger partial charge in [-0.25, -0.2) is 0 Å². The minimum Gasteiger partial charge on any atom is -0.382 e. The number of nitrogens with zero attached hydrogens (tertiary/aromatic N) is 2. The number of rotatable bonds is 13. The molecule has 51 heavy (non-hydrogen) atoms. The van der Waals surface area contributed by atoms with E-state index in [1.165, 1.54) is 6.07 Å². The van der Waals surface area contributed by atoms with Gasteiger partial charge in [0, 0.05) is 54.4 Å². The van der Waals surface area contributed by atoms with Crippen LogP contribution >= 0.6 is 0 Å². The largest absolute Gasteiger partial charge is 0.382 e. The van der Waals surface area contributed by atoms with Crippen LogP contribution < -0.4 is 21.3 Å². The summed E-state index contributed by atoms with van der Waals surface area (Å²) in [6.45, 7) is 5.59. The number of imide groups is 2. The average Bonchev–Trinajstić information content (AvgIpc) is 3.65. The van der Waals surface area contributed by atoms with Crippen molar-refractivity contribution < 1.29 is 33.5 Å². The van der Waals surface area contributed by atoms with E-state index in [-0.39, 0.29) is 55.5 Å². The van der Waals surface area contributed by atoms with Gasteiger partial charge in [-0.2, -0.15) is 0 Å². The van der Waals surface area contributed by atoms with E-state index in [0.717, 1.165) is 40.2 Å². The molecular weight excluding hydrogens is 654 g/mol. The van der Waals surface area contributed by atoms with Gasteiger partial charge in [0.15, 0.2) is 0 Å². The first-order chi connectivity index (χ1) is 24.4. The third-order valence-electron chi connectivity index (χ3n) is 9.27. The zero-order valence-corrected chi connectivity index (χ0v) is 29.0. The first kappa shape index (κ1) is 35.2. The maximum atomic E-state index is 13.3. The number of likely N-dealkylation sites (N-methyl/N-ethyl adjacent to an activating group) is 1. The molecule has 0 bridgehead atoms. The lowest BCUT2D eigenvalue weighted by molar-refractivity contribution is -0.136. The minimum atomic E-state index is -1.04. The fourth-order valence-corrected chi connectivity index (χ4v) is 6.64. The zero-order chi connectivity index (χ0) is 36.4. The van der Waals surface area contributed by atoms with Crippen LogP contribution in [0.4, 0.5) is 11.4 Å². The summed E-state index contributed by atoms with van der Waals surface area (Å²) in [6, 6.07) is 9.81. The molecule has 6 rings (SSSR count). The molecule has 4 heterocycles. The number of hydrogen-bond acceptors (Lipinski definition) is 9. The topological polar surface area (TPSA) is 182 Å². The van der Waals surface area contributed by atoms with Gasteiger partial charge in [0.05, 0.1) is 35.5 Å². The van der Waals surface area contributed by atoms with Crippen molar-refractivity contribution in [2.45, 2.75) is 39.2 Å². The third kappa shape index (κ3) is 7.19. The number of fused-ring (bicyclic) bond motifs is 2. The summed E-state index contributed by atoms with van der Waals surface area (Å²) in [6.07, 6.45) is 2.78. The van der Waals surface area contributed by atoms with Gasteiger partial charge in [-0.05, 0) is 82.3 Å². The van der Waals surface area contributed by atoms with Crippen molar-refractivity contribution in [1.82, 2.24) is 25.4 Å². The molecule has 1 fully saturated rings. The number of aromatic amines is 1. The summed E-state index contributed by atoms with van der Waals surface area (Å²) in [7, 11) is 4.05. The number of piperidine rings is 1. The van der Waals surface area contributed by atoms with Crippen LogP contribution in [0.5, 0.6) is 0 Å². The Labute approximate surface area is 295 Å². The molecule has 0 aliphatic carbocycles. The highest BCUT2D eigenvalue weighted by Crippen LogP contribution is 2.35. The Morgan fingerprint density at radius 3 is 2.55 bits per heavy atom. The molecule has 3 aromatic rings.